The van der Waals surface area contributed by atoms with Crippen LogP contribution in [0.1, 0.15) is 18.9 Å². The fraction of sp³-hybridized carbons (Fsp3) is 0.360. The third-order valence-electron chi connectivity index (χ3n) is 6.73. The number of para-hydroxylation sites is 1. The molecule has 1 unspecified atom stereocenters. The van der Waals surface area contributed by atoms with E-state index >= 15 is 0 Å². The topological polar surface area (TPSA) is 88.9 Å². The average Bonchev–Trinajstić information content (AvgIpc) is 3.23. The monoisotopic (exact) mass is 511 g/mol. The van der Waals surface area contributed by atoms with Gasteiger partial charge in [-0.3, -0.25) is 14.2 Å². The quantitative estimate of drug-likeness (QED) is 0.507. The zero-order valence-corrected chi connectivity index (χ0v) is 20.8. The maximum atomic E-state index is 14.1. The number of hydrogen-bond acceptors (Lipinski definition) is 7. The van der Waals surface area contributed by atoms with E-state index in [9.17, 15) is 14.0 Å². The highest BCUT2D eigenvalue weighted by Gasteiger charge is 2.33. The first-order valence-corrected chi connectivity index (χ1v) is 12.1. The summed E-state index contributed by atoms with van der Waals surface area (Å²) in [5.74, 6) is 1.01. The van der Waals surface area contributed by atoms with Gasteiger partial charge in [0.15, 0.2) is 11.5 Å². The molecule has 1 N–H and O–H groups in total. The minimum Gasteiger partial charge on any atom is -0.493 e. The summed E-state index contributed by atoms with van der Waals surface area (Å²) in [6.07, 6.45) is 0.475. The molecule has 188 valence electrons. The van der Waals surface area contributed by atoms with E-state index in [1.165, 1.54) is 20.3 Å². The highest BCUT2D eigenvalue weighted by molar-refractivity contribution is 7.71. The van der Waals surface area contributed by atoms with Gasteiger partial charge in [-0.05, 0) is 36.8 Å². The fourth-order valence-electron chi connectivity index (χ4n) is 4.85. The molecule has 5 rings (SSSR count). The number of carbonyl (C=O) groups is 2. The number of fused-ring (bicyclic) bond motifs is 3. The molecular weight excluding hydrogens is 485 g/mol. The van der Waals surface area contributed by atoms with Gasteiger partial charge in [-0.15, -0.1) is 0 Å². The molecule has 2 amide bonds. The highest BCUT2D eigenvalue weighted by Crippen LogP contribution is 2.39. The van der Waals surface area contributed by atoms with Crippen LogP contribution in [0.4, 0.5) is 15.9 Å². The second-order valence-corrected chi connectivity index (χ2v) is 9.07. The van der Waals surface area contributed by atoms with E-state index in [-0.39, 0.29) is 28.8 Å². The predicted molar refractivity (Wildman–Crippen MR) is 136 cm³/mol. The number of methoxy groups -OCH3 is 2. The van der Waals surface area contributed by atoms with Crippen molar-refractivity contribution in [1.29, 1.82) is 0 Å². The summed E-state index contributed by atoms with van der Waals surface area (Å²) >= 11 is 5.51. The summed E-state index contributed by atoms with van der Waals surface area (Å²) in [4.78, 5) is 34.1. The Morgan fingerprint density at radius 1 is 1.14 bits per heavy atom. The molecule has 3 aromatic rings. The summed E-state index contributed by atoms with van der Waals surface area (Å²) in [5, 5.41) is 3.58. The lowest BCUT2D eigenvalue weighted by Gasteiger charge is -2.36. The van der Waals surface area contributed by atoms with Crippen molar-refractivity contribution in [2.45, 2.75) is 18.9 Å². The zero-order valence-electron chi connectivity index (χ0n) is 20.0. The minimum absolute atomic E-state index is 0.0453. The van der Waals surface area contributed by atoms with Gasteiger partial charge in [-0.2, -0.15) is 0 Å². The fourth-order valence-corrected chi connectivity index (χ4v) is 5.17. The summed E-state index contributed by atoms with van der Waals surface area (Å²) in [7, 11) is 3.07. The Hall–Kier alpha value is -3.73. The summed E-state index contributed by atoms with van der Waals surface area (Å²) < 4.78 is 26.8. The Balaban J connectivity index is 1.29. The van der Waals surface area contributed by atoms with Gasteiger partial charge < -0.3 is 24.6 Å². The van der Waals surface area contributed by atoms with Crippen LogP contribution in [-0.2, 0) is 9.59 Å². The molecule has 0 spiro atoms. The van der Waals surface area contributed by atoms with E-state index in [1.807, 2.05) is 4.90 Å². The van der Waals surface area contributed by atoms with Crippen LogP contribution in [0.2, 0.25) is 0 Å². The van der Waals surface area contributed by atoms with Gasteiger partial charge in [0.2, 0.25) is 16.6 Å². The third kappa shape index (κ3) is 4.23. The Labute approximate surface area is 212 Å². The molecular formula is C25H26FN5O4S. The molecule has 0 aliphatic carbocycles. The molecule has 1 fully saturated rings. The molecule has 11 heteroatoms. The number of carbonyl (C=O) groups excluding carboxylic acids is 2. The van der Waals surface area contributed by atoms with Gasteiger partial charge >= 0.3 is 0 Å². The van der Waals surface area contributed by atoms with Gasteiger partial charge in [0.25, 0.3) is 0 Å². The maximum Gasteiger partial charge on any atom is 0.248 e. The Bertz CT molecular complexity index is 1400. The molecule has 2 aliphatic rings. The Kier molecular flexibility index (Phi) is 6.48. The summed E-state index contributed by atoms with van der Waals surface area (Å²) in [6, 6.07) is 9.48. The number of hydrogen-bond donors (Lipinski definition) is 1. The first kappa shape index (κ1) is 24.0. The molecule has 9 nitrogen and oxygen atoms in total. The van der Waals surface area contributed by atoms with Gasteiger partial charge in [0.05, 0.1) is 25.4 Å². The predicted octanol–water partition coefficient (Wildman–Crippen LogP) is 3.54. The smallest absolute Gasteiger partial charge is 0.248 e. The standard InChI is InChI=1S/C25H26FN5O4S/c1-34-20-13-15-17(14-21(20)35-2)27-25(36)31-19(24(33)28-23(15)31)7-8-22(32)30-11-9-29(10-12-30)18-6-4-3-5-16(18)26/h3-6,13-14,19H,7-12H2,1-2H3,(H,28,33). The van der Waals surface area contributed by atoms with Crippen LogP contribution in [-0.4, -0.2) is 66.7 Å². The number of aromatic nitrogens is 2. The van der Waals surface area contributed by atoms with Gasteiger partial charge in [0, 0.05) is 44.1 Å². The second-order valence-electron chi connectivity index (χ2n) is 8.70. The maximum absolute atomic E-state index is 14.1. The van der Waals surface area contributed by atoms with Gasteiger partial charge in [-0.25, -0.2) is 9.37 Å². The van der Waals surface area contributed by atoms with Crippen LogP contribution in [0.25, 0.3) is 10.9 Å². The molecule has 1 atom stereocenters. The number of ether oxygens (including phenoxy) is 2. The number of benzene rings is 2. The lowest BCUT2D eigenvalue weighted by atomic mass is 10.1. The van der Waals surface area contributed by atoms with Gasteiger partial charge in [-0.1, -0.05) is 12.1 Å². The van der Waals surface area contributed by atoms with Crippen molar-refractivity contribution in [1.82, 2.24) is 14.5 Å². The van der Waals surface area contributed by atoms with Crippen LogP contribution in [0, 0.1) is 10.6 Å². The highest BCUT2D eigenvalue weighted by atomic mass is 32.1. The summed E-state index contributed by atoms with van der Waals surface area (Å²) in [6.45, 7) is 2.08. The van der Waals surface area contributed by atoms with Crippen molar-refractivity contribution in [2.75, 3.05) is 50.6 Å². The number of amides is 2. The van der Waals surface area contributed by atoms with E-state index in [0.29, 0.717) is 66.5 Å². The SMILES string of the molecule is COc1cc2nc(=S)n3c(c2cc1OC)NC(=O)C3CCC(=O)N1CCN(c2ccccc2F)CC1. The summed E-state index contributed by atoms with van der Waals surface area (Å²) in [5.41, 5.74) is 1.13. The number of nitrogens with one attached hydrogen (secondary N) is 1. The zero-order chi connectivity index (χ0) is 25.4. The molecule has 36 heavy (non-hydrogen) atoms. The van der Waals surface area contributed by atoms with Crippen molar-refractivity contribution in [3.05, 3.63) is 47.0 Å². The normalized spacial score (nSPS) is 17.2. The lowest BCUT2D eigenvalue weighted by Crippen LogP contribution is -2.49. The van der Waals surface area contributed by atoms with E-state index in [4.69, 9.17) is 21.7 Å². The molecule has 0 bridgehead atoms. The molecule has 2 aliphatic heterocycles. The number of rotatable bonds is 6. The molecule has 0 radical (unpaired) electrons. The van der Waals surface area contributed by atoms with Crippen molar-refractivity contribution in [3.8, 4) is 11.5 Å². The van der Waals surface area contributed by atoms with Crippen LogP contribution in [0.5, 0.6) is 11.5 Å². The lowest BCUT2D eigenvalue weighted by molar-refractivity contribution is -0.131. The van der Waals surface area contributed by atoms with Crippen LogP contribution < -0.4 is 19.7 Å². The molecule has 2 aromatic carbocycles. The molecule has 3 heterocycles. The van der Waals surface area contributed by atoms with Crippen molar-refractivity contribution >= 4 is 46.4 Å². The van der Waals surface area contributed by atoms with E-state index in [0.717, 1.165) is 0 Å². The molecule has 1 aromatic heterocycles. The van der Waals surface area contributed by atoms with Crippen molar-refractivity contribution in [3.63, 3.8) is 0 Å². The Morgan fingerprint density at radius 3 is 2.53 bits per heavy atom. The van der Waals surface area contributed by atoms with Crippen molar-refractivity contribution < 1.29 is 23.5 Å². The number of piperazine rings is 1. The number of halogens is 1. The number of nitrogens with zero attached hydrogens (tertiary/aromatic N) is 4. The largest absolute Gasteiger partial charge is 0.493 e. The first-order chi connectivity index (χ1) is 17.4. The van der Waals surface area contributed by atoms with E-state index in [1.54, 1.807) is 39.8 Å². The van der Waals surface area contributed by atoms with E-state index in [2.05, 4.69) is 10.3 Å². The Morgan fingerprint density at radius 2 is 1.83 bits per heavy atom. The van der Waals surface area contributed by atoms with Crippen molar-refractivity contribution in [2.24, 2.45) is 0 Å². The number of anilines is 2. The van der Waals surface area contributed by atoms with Gasteiger partial charge in [0.1, 0.15) is 17.7 Å². The second kappa shape index (κ2) is 9.73. The van der Waals surface area contributed by atoms with E-state index < -0.39 is 6.04 Å². The van der Waals surface area contributed by atoms with Crippen LogP contribution >= 0.6 is 12.2 Å². The molecule has 0 saturated carbocycles. The minimum atomic E-state index is -0.638. The molecule has 1 saturated heterocycles. The average molecular weight is 512 g/mol. The first-order valence-electron chi connectivity index (χ1n) is 11.7. The van der Waals surface area contributed by atoms with Crippen LogP contribution in [0.15, 0.2) is 36.4 Å². The van der Waals surface area contributed by atoms with Crippen LogP contribution in [0.3, 0.4) is 0 Å². The third-order valence-corrected chi connectivity index (χ3v) is 7.02.